The third-order valence-electron chi connectivity index (χ3n) is 4.00. The van der Waals surface area contributed by atoms with Crippen LogP contribution in [0.5, 0.6) is 0 Å². The molecule has 1 aliphatic heterocycles. The maximum absolute atomic E-state index is 13.5. The van der Waals surface area contributed by atoms with Crippen molar-refractivity contribution in [3.05, 3.63) is 35.8 Å². The molecule has 1 atom stereocenters. The van der Waals surface area contributed by atoms with Crippen molar-refractivity contribution in [2.24, 2.45) is 0 Å². The molecule has 0 bridgehead atoms. The number of likely N-dealkylation sites (N-methyl/N-ethyl adjacent to an activating group) is 1. The summed E-state index contributed by atoms with van der Waals surface area (Å²) in [5, 5.41) is 32.5. The van der Waals surface area contributed by atoms with Gasteiger partial charge < -0.3 is 24.6 Å². The van der Waals surface area contributed by atoms with Gasteiger partial charge in [-0.15, -0.1) is 0 Å². The van der Waals surface area contributed by atoms with E-state index in [1.54, 1.807) is 7.05 Å². The summed E-state index contributed by atoms with van der Waals surface area (Å²) in [6, 6.07) is 5.06. The van der Waals surface area contributed by atoms with E-state index in [1.807, 2.05) is 0 Å². The highest BCUT2D eigenvalue weighted by Crippen LogP contribution is 2.34. The Hall–Kier alpha value is -2.23. The third-order valence-corrected chi connectivity index (χ3v) is 4.00. The molecule has 120 valence electrons. The summed E-state index contributed by atoms with van der Waals surface area (Å²) in [4.78, 5) is 13.4. The number of hydrogen-bond acceptors (Lipinski definition) is 6. The molecule has 7 nitrogen and oxygen atoms in total. The first-order valence-electron chi connectivity index (χ1n) is 6.94. The molecule has 3 rings (SSSR count). The number of carbonyl (C=O) groups is 1. The van der Waals surface area contributed by atoms with Gasteiger partial charge >= 0.3 is 7.12 Å². The summed E-state index contributed by atoms with van der Waals surface area (Å²) >= 11 is 0. The minimum atomic E-state index is -1.96. The molecule has 1 unspecified atom stereocenters. The van der Waals surface area contributed by atoms with E-state index in [0.29, 0.717) is 12.1 Å². The van der Waals surface area contributed by atoms with Crippen LogP contribution in [0.1, 0.15) is 12.2 Å². The van der Waals surface area contributed by atoms with E-state index in [2.05, 4.69) is 5.16 Å². The van der Waals surface area contributed by atoms with Crippen LogP contribution < -0.4 is 5.46 Å². The van der Waals surface area contributed by atoms with Gasteiger partial charge in [0.15, 0.2) is 5.76 Å². The van der Waals surface area contributed by atoms with Gasteiger partial charge in [0.25, 0.3) is 5.91 Å². The fourth-order valence-electron chi connectivity index (χ4n) is 2.59. The van der Waals surface area contributed by atoms with Gasteiger partial charge in [0, 0.05) is 37.1 Å². The minimum Gasteiger partial charge on any atom is -0.423 e. The van der Waals surface area contributed by atoms with E-state index in [1.165, 1.54) is 23.1 Å². The molecule has 0 aliphatic carbocycles. The van der Waals surface area contributed by atoms with Gasteiger partial charge in [0.1, 0.15) is 11.5 Å². The molecule has 1 aromatic heterocycles. The Morgan fingerprint density at radius 3 is 2.74 bits per heavy atom. The lowest BCUT2D eigenvalue weighted by Crippen LogP contribution is -2.35. The fraction of sp³-hybridized carbons (Fsp3) is 0.286. The highest BCUT2D eigenvalue weighted by atomic mass is 19.1. The number of rotatable bonds is 3. The van der Waals surface area contributed by atoms with Crippen LogP contribution in [0.4, 0.5) is 4.39 Å². The van der Waals surface area contributed by atoms with Crippen LogP contribution in [-0.4, -0.2) is 51.8 Å². The Balaban J connectivity index is 1.97. The predicted octanol–water partition coefficient (Wildman–Crippen LogP) is -0.790. The Labute approximate surface area is 131 Å². The van der Waals surface area contributed by atoms with Gasteiger partial charge in [-0.25, -0.2) is 4.39 Å². The van der Waals surface area contributed by atoms with Crippen molar-refractivity contribution in [2.75, 3.05) is 13.6 Å². The largest absolute Gasteiger partial charge is 0.491 e. The Bertz CT molecular complexity index is 765. The molecule has 1 amide bonds. The SMILES string of the molecule is CN1CCC(O)(c2cc(-c3ccc(F)c(B(O)O)c3)no2)C1=O. The van der Waals surface area contributed by atoms with Crippen LogP contribution in [-0.2, 0) is 10.4 Å². The van der Waals surface area contributed by atoms with Gasteiger partial charge in [-0.2, -0.15) is 0 Å². The van der Waals surface area contributed by atoms with Crippen molar-refractivity contribution < 1.29 is 28.9 Å². The van der Waals surface area contributed by atoms with Crippen LogP contribution in [0.3, 0.4) is 0 Å². The molecule has 2 heterocycles. The summed E-state index contributed by atoms with van der Waals surface area (Å²) in [6.07, 6.45) is 0.182. The summed E-state index contributed by atoms with van der Waals surface area (Å²) < 4.78 is 18.6. The molecular formula is C14H14BFN2O5. The Morgan fingerprint density at radius 1 is 1.39 bits per heavy atom. The molecule has 1 aromatic carbocycles. The van der Waals surface area contributed by atoms with E-state index in [0.717, 1.165) is 6.07 Å². The van der Waals surface area contributed by atoms with E-state index < -0.39 is 24.4 Å². The summed E-state index contributed by atoms with van der Waals surface area (Å²) in [7, 11) is -0.387. The number of halogens is 1. The smallest absolute Gasteiger partial charge is 0.423 e. The van der Waals surface area contributed by atoms with Gasteiger partial charge in [-0.3, -0.25) is 4.79 Å². The quantitative estimate of drug-likeness (QED) is 0.640. The number of nitrogens with zero attached hydrogens (tertiary/aromatic N) is 2. The first kappa shape index (κ1) is 15.7. The minimum absolute atomic E-state index is 0.00253. The maximum Gasteiger partial charge on any atom is 0.491 e. The highest BCUT2D eigenvalue weighted by molar-refractivity contribution is 6.58. The van der Waals surface area contributed by atoms with E-state index >= 15 is 0 Å². The second-order valence-corrected chi connectivity index (χ2v) is 5.52. The van der Waals surface area contributed by atoms with Crippen LogP contribution in [0.2, 0.25) is 0 Å². The summed E-state index contributed by atoms with van der Waals surface area (Å²) in [5.41, 5.74) is -1.45. The van der Waals surface area contributed by atoms with Crippen molar-refractivity contribution in [3.63, 3.8) is 0 Å². The second kappa shape index (κ2) is 5.45. The van der Waals surface area contributed by atoms with Gasteiger partial charge in [-0.1, -0.05) is 11.2 Å². The number of benzene rings is 1. The number of amides is 1. The number of likely N-dealkylation sites (tertiary alicyclic amines) is 1. The zero-order valence-corrected chi connectivity index (χ0v) is 12.2. The van der Waals surface area contributed by atoms with Crippen molar-refractivity contribution in [1.82, 2.24) is 10.1 Å². The lowest BCUT2D eigenvalue weighted by molar-refractivity contribution is -0.144. The first-order chi connectivity index (χ1) is 10.8. The molecule has 1 saturated heterocycles. The van der Waals surface area contributed by atoms with Crippen molar-refractivity contribution >= 4 is 18.5 Å². The van der Waals surface area contributed by atoms with Crippen LogP contribution in [0.15, 0.2) is 28.8 Å². The normalized spacial score (nSPS) is 21.1. The number of carbonyl (C=O) groups excluding carboxylic acids is 1. The molecular weight excluding hydrogens is 306 g/mol. The van der Waals surface area contributed by atoms with Crippen LogP contribution >= 0.6 is 0 Å². The van der Waals surface area contributed by atoms with E-state index in [4.69, 9.17) is 14.6 Å². The molecule has 9 heteroatoms. The third kappa shape index (κ3) is 2.52. The molecule has 3 N–H and O–H groups in total. The Kier molecular flexibility index (Phi) is 3.71. The summed E-state index contributed by atoms with van der Waals surface area (Å²) in [5.74, 6) is -1.25. The van der Waals surface area contributed by atoms with Crippen molar-refractivity contribution in [3.8, 4) is 11.3 Å². The predicted molar refractivity (Wildman–Crippen MR) is 77.9 cm³/mol. The molecule has 0 saturated carbocycles. The van der Waals surface area contributed by atoms with Crippen molar-refractivity contribution in [1.29, 1.82) is 0 Å². The molecule has 1 fully saturated rings. The maximum atomic E-state index is 13.5. The monoisotopic (exact) mass is 320 g/mol. The molecule has 0 radical (unpaired) electrons. The number of aliphatic hydroxyl groups is 1. The fourth-order valence-corrected chi connectivity index (χ4v) is 2.59. The molecule has 1 aliphatic rings. The van der Waals surface area contributed by atoms with Gasteiger partial charge in [0.05, 0.1) is 0 Å². The lowest BCUT2D eigenvalue weighted by Gasteiger charge is -2.16. The molecule has 2 aromatic rings. The topological polar surface area (TPSA) is 107 Å². The second-order valence-electron chi connectivity index (χ2n) is 5.52. The standard InChI is InChI=1S/C14H14BFN2O5/c1-18-5-4-14(20,13(18)19)12-7-11(17-23-12)8-2-3-10(16)9(6-8)15(21)22/h2-3,6-7,20-22H,4-5H2,1H3. The average molecular weight is 320 g/mol. The summed E-state index contributed by atoms with van der Waals surface area (Å²) in [6.45, 7) is 0.392. The van der Waals surface area contributed by atoms with Crippen LogP contribution in [0.25, 0.3) is 11.3 Å². The van der Waals surface area contributed by atoms with Crippen molar-refractivity contribution in [2.45, 2.75) is 12.0 Å². The molecule has 23 heavy (non-hydrogen) atoms. The van der Waals surface area contributed by atoms with E-state index in [9.17, 15) is 14.3 Å². The lowest BCUT2D eigenvalue weighted by atomic mass is 9.79. The van der Waals surface area contributed by atoms with Crippen LogP contribution in [0, 0.1) is 5.82 Å². The zero-order valence-electron chi connectivity index (χ0n) is 12.2. The van der Waals surface area contributed by atoms with E-state index in [-0.39, 0.29) is 23.3 Å². The number of aromatic nitrogens is 1. The van der Waals surface area contributed by atoms with Gasteiger partial charge in [-0.05, 0) is 12.1 Å². The first-order valence-corrected chi connectivity index (χ1v) is 6.94. The Morgan fingerprint density at radius 2 is 2.13 bits per heavy atom. The van der Waals surface area contributed by atoms with Gasteiger partial charge in [0.2, 0.25) is 5.60 Å². The average Bonchev–Trinajstić information content (AvgIpc) is 3.10. The molecule has 0 spiro atoms. The number of hydrogen-bond donors (Lipinski definition) is 3. The zero-order chi connectivity index (χ0) is 16.8. The highest BCUT2D eigenvalue weighted by Gasteiger charge is 2.48.